The number of halogens is 1. The maximum atomic E-state index is 12.3. The Labute approximate surface area is 166 Å². The molecule has 0 radical (unpaired) electrons. The van der Waals surface area contributed by atoms with Gasteiger partial charge < -0.3 is 10.1 Å². The Hall–Kier alpha value is -1.50. The minimum Gasteiger partial charge on any atom is -0.462 e. The first-order valence-corrected chi connectivity index (χ1v) is 10.9. The number of amides is 1. The predicted molar refractivity (Wildman–Crippen MR) is 109 cm³/mol. The van der Waals surface area contributed by atoms with Crippen LogP contribution in [0.5, 0.6) is 0 Å². The molecule has 2 aromatic rings. The summed E-state index contributed by atoms with van der Waals surface area (Å²) in [6, 6.07) is 7.61. The van der Waals surface area contributed by atoms with Crippen LogP contribution in [0.4, 0.5) is 5.00 Å². The monoisotopic (exact) mass is 409 g/mol. The van der Waals surface area contributed by atoms with Gasteiger partial charge in [-0.15, -0.1) is 23.1 Å². The number of carbonyl (C=O) groups is 2. The fraction of sp³-hybridized carbons (Fsp3) is 0.368. The van der Waals surface area contributed by atoms with Crippen molar-refractivity contribution in [2.75, 3.05) is 17.7 Å². The number of anilines is 1. The van der Waals surface area contributed by atoms with Gasteiger partial charge in [-0.05, 0) is 49.4 Å². The smallest absolute Gasteiger partial charge is 0.341 e. The minimum absolute atomic E-state index is 0.109. The zero-order valence-electron chi connectivity index (χ0n) is 14.5. The lowest BCUT2D eigenvalue weighted by Crippen LogP contribution is -2.16. The van der Waals surface area contributed by atoms with E-state index in [1.807, 2.05) is 24.3 Å². The number of thiophene rings is 1. The first-order chi connectivity index (χ1) is 12.6. The van der Waals surface area contributed by atoms with Crippen molar-refractivity contribution in [3.05, 3.63) is 50.9 Å². The molecule has 0 atom stereocenters. The second-order valence-corrected chi connectivity index (χ2v) is 8.48. The number of ether oxygens (including phenoxy) is 1. The lowest BCUT2D eigenvalue weighted by molar-refractivity contribution is -0.113. The van der Waals surface area contributed by atoms with Crippen molar-refractivity contribution in [2.24, 2.45) is 0 Å². The molecule has 1 aliphatic rings. The highest BCUT2D eigenvalue weighted by molar-refractivity contribution is 7.99. The molecule has 1 N–H and O–H groups in total. The summed E-state index contributed by atoms with van der Waals surface area (Å²) in [7, 11) is 0. The fourth-order valence-electron chi connectivity index (χ4n) is 2.96. The molecule has 7 heteroatoms. The highest BCUT2D eigenvalue weighted by atomic mass is 35.5. The molecular weight excluding hydrogens is 390 g/mol. The Bertz CT molecular complexity index is 819. The van der Waals surface area contributed by atoms with Crippen LogP contribution in [0.1, 0.15) is 39.7 Å². The summed E-state index contributed by atoms with van der Waals surface area (Å²) in [4.78, 5) is 25.8. The average Bonchev–Trinajstić information content (AvgIpc) is 3.15. The highest BCUT2D eigenvalue weighted by Crippen LogP contribution is 2.39. The number of aryl methyl sites for hydroxylation is 1. The fourth-order valence-corrected chi connectivity index (χ4v) is 5.24. The van der Waals surface area contributed by atoms with E-state index in [1.54, 1.807) is 6.92 Å². The van der Waals surface area contributed by atoms with Gasteiger partial charge in [0.2, 0.25) is 5.91 Å². The topological polar surface area (TPSA) is 55.4 Å². The molecular formula is C19H20ClNO3S2. The summed E-state index contributed by atoms with van der Waals surface area (Å²) in [6.45, 7) is 2.11. The molecule has 1 amide bonds. The third-order valence-corrected chi connectivity index (χ3v) is 6.49. The Morgan fingerprint density at radius 1 is 1.35 bits per heavy atom. The lowest BCUT2D eigenvalue weighted by Gasteiger charge is -2.08. The van der Waals surface area contributed by atoms with Crippen molar-refractivity contribution in [1.29, 1.82) is 0 Å². The van der Waals surface area contributed by atoms with Crippen molar-refractivity contribution in [3.63, 3.8) is 0 Å². The quantitative estimate of drug-likeness (QED) is 0.658. The number of fused-ring (bicyclic) bond motifs is 1. The summed E-state index contributed by atoms with van der Waals surface area (Å²) in [6.07, 6.45) is 2.89. The van der Waals surface area contributed by atoms with Crippen LogP contribution in [0.15, 0.2) is 24.3 Å². The largest absolute Gasteiger partial charge is 0.462 e. The number of nitrogens with one attached hydrogen (secondary N) is 1. The van der Waals surface area contributed by atoms with Crippen LogP contribution < -0.4 is 5.32 Å². The molecule has 0 spiro atoms. The van der Waals surface area contributed by atoms with Crippen LogP contribution in [0, 0.1) is 0 Å². The number of hydrogen-bond acceptors (Lipinski definition) is 5. The van der Waals surface area contributed by atoms with E-state index in [0.29, 0.717) is 33.7 Å². The van der Waals surface area contributed by atoms with E-state index >= 15 is 0 Å². The first-order valence-electron chi connectivity index (χ1n) is 8.52. The van der Waals surface area contributed by atoms with Gasteiger partial charge in [0.05, 0.1) is 17.9 Å². The van der Waals surface area contributed by atoms with Crippen LogP contribution in [-0.4, -0.2) is 24.2 Å². The third-order valence-electron chi connectivity index (χ3n) is 4.04. The number of hydrogen-bond donors (Lipinski definition) is 1. The minimum atomic E-state index is -0.339. The summed E-state index contributed by atoms with van der Waals surface area (Å²) < 4.78 is 5.18. The van der Waals surface area contributed by atoms with E-state index in [1.165, 1.54) is 28.0 Å². The zero-order chi connectivity index (χ0) is 18.5. The molecule has 4 nitrogen and oxygen atoms in total. The Balaban J connectivity index is 1.61. The van der Waals surface area contributed by atoms with Crippen molar-refractivity contribution < 1.29 is 14.3 Å². The van der Waals surface area contributed by atoms with Gasteiger partial charge in [-0.1, -0.05) is 23.7 Å². The maximum Gasteiger partial charge on any atom is 0.341 e. The molecule has 1 heterocycles. The zero-order valence-corrected chi connectivity index (χ0v) is 16.9. The molecule has 1 aromatic carbocycles. The number of benzene rings is 1. The van der Waals surface area contributed by atoms with Crippen molar-refractivity contribution in [3.8, 4) is 0 Å². The van der Waals surface area contributed by atoms with Crippen LogP contribution in [0.3, 0.4) is 0 Å². The molecule has 0 saturated carbocycles. The predicted octanol–water partition coefficient (Wildman–Crippen LogP) is 4.94. The number of esters is 1. The highest BCUT2D eigenvalue weighted by Gasteiger charge is 2.28. The van der Waals surface area contributed by atoms with Gasteiger partial charge in [0.15, 0.2) is 0 Å². The van der Waals surface area contributed by atoms with Gasteiger partial charge in [-0.2, -0.15) is 0 Å². The van der Waals surface area contributed by atoms with E-state index in [-0.39, 0.29) is 11.9 Å². The average molecular weight is 410 g/mol. The van der Waals surface area contributed by atoms with Gasteiger partial charge in [-0.3, -0.25) is 4.79 Å². The summed E-state index contributed by atoms with van der Waals surface area (Å²) in [5, 5.41) is 4.23. The van der Waals surface area contributed by atoms with Crippen LogP contribution in [0.2, 0.25) is 5.02 Å². The Morgan fingerprint density at radius 2 is 2.19 bits per heavy atom. The summed E-state index contributed by atoms with van der Waals surface area (Å²) in [5.41, 5.74) is 2.69. The summed E-state index contributed by atoms with van der Waals surface area (Å²) >= 11 is 8.99. The molecule has 3 rings (SSSR count). The molecule has 138 valence electrons. The summed E-state index contributed by atoms with van der Waals surface area (Å²) in [5.74, 6) is 0.577. The molecule has 0 bridgehead atoms. The maximum absolute atomic E-state index is 12.3. The van der Waals surface area contributed by atoms with Gasteiger partial charge in [-0.25, -0.2) is 4.79 Å². The standard InChI is InChI=1S/C19H20ClNO3S2/c1-2-24-19(23)17-14-7-4-8-15(14)26-18(17)21-16(22)11-25-10-12-5-3-6-13(20)9-12/h3,5-6,9H,2,4,7-8,10-11H2,1H3,(H,21,22). The normalized spacial score (nSPS) is 12.7. The molecule has 1 aromatic heterocycles. The first kappa shape index (κ1) is 19.3. The van der Waals surface area contributed by atoms with Crippen molar-refractivity contribution >= 4 is 51.6 Å². The molecule has 26 heavy (non-hydrogen) atoms. The van der Waals surface area contributed by atoms with Gasteiger partial charge in [0.1, 0.15) is 5.00 Å². The molecule has 0 aliphatic heterocycles. The van der Waals surface area contributed by atoms with Crippen LogP contribution >= 0.6 is 34.7 Å². The number of thioether (sulfide) groups is 1. The van der Waals surface area contributed by atoms with Gasteiger partial charge in [0, 0.05) is 15.7 Å². The Kier molecular flexibility index (Phi) is 6.62. The third kappa shape index (κ3) is 4.61. The van der Waals surface area contributed by atoms with E-state index in [9.17, 15) is 9.59 Å². The van der Waals surface area contributed by atoms with Crippen molar-refractivity contribution in [2.45, 2.75) is 31.9 Å². The number of carbonyl (C=O) groups excluding carboxylic acids is 2. The van der Waals surface area contributed by atoms with Gasteiger partial charge in [0.25, 0.3) is 0 Å². The molecule has 0 unspecified atom stereocenters. The van der Waals surface area contributed by atoms with Crippen LogP contribution in [-0.2, 0) is 28.1 Å². The second kappa shape index (κ2) is 8.93. The molecule has 1 aliphatic carbocycles. The lowest BCUT2D eigenvalue weighted by atomic mass is 10.1. The van der Waals surface area contributed by atoms with E-state index < -0.39 is 0 Å². The number of rotatable bonds is 7. The molecule has 0 fully saturated rings. The second-order valence-electron chi connectivity index (χ2n) is 5.95. The van der Waals surface area contributed by atoms with Crippen LogP contribution in [0.25, 0.3) is 0 Å². The van der Waals surface area contributed by atoms with E-state index in [0.717, 1.165) is 30.4 Å². The van der Waals surface area contributed by atoms with Crippen molar-refractivity contribution in [1.82, 2.24) is 0 Å². The van der Waals surface area contributed by atoms with E-state index in [4.69, 9.17) is 16.3 Å². The van der Waals surface area contributed by atoms with E-state index in [2.05, 4.69) is 5.32 Å². The Morgan fingerprint density at radius 3 is 2.96 bits per heavy atom. The molecule has 0 saturated heterocycles. The van der Waals surface area contributed by atoms with Gasteiger partial charge >= 0.3 is 5.97 Å². The SMILES string of the molecule is CCOC(=O)c1c(NC(=O)CSCc2cccc(Cl)c2)sc2c1CCC2.